The van der Waals surface area contributed by atoms with Crippen molar-refractivity contribution in [3.05, 3.63) is 30.1 Å². The molecule has 2 atom stereocenters. The smallest absolute Gasteiger partial charge is 0.233 e. The Hall–Kier alpha value is -1.67. The van der Waals surface area contributed by atoms with E-state index < -0.39 is 9.84 Å². The zero-order chi connectivity index (χ0) is 18.3. The van der Waals surface area contributed by atoms with Crippen LogP contribution in [0.25, 0.3) is 10.9 Å². The molecule has 6 nitrogen and oxygen atoms in total. The lowest BCUT2D eigenvalue weighted by Crippen LogP contribution is -2.39. The number of amides is 1. The molecule has 0 bridgehead atoms. The van der Waals surface area contributed by atoms with E-state index in [1.54, 1.807) is 0 Å². The summed E-state index contributed by atoms with van der Waals surface area (Å²) in [6, 6.07) is 7.57. The highest BCUT2D eigenvalue weighted by atomic mass is 32.2. The number of carbonyl (C=O) groups excluding carboxylic acids is 1. The van der Waals surface area contributed by atoms with E-state index in [4.69, 9.17) is 4.98 Å². The number of fused-ring (bicyclic) bond motifs is 1. The lowest BCUT2D eigenvalue weighted by molar-refractivity contribution is -0.120. The number of hydrogen-bond donors (Lipinski definition) is 1. The highest BCUT2D eigenvalue weighted by Crippen LogP contribution is 2.40. The van der Waals surface area contributed by atoms with Gasteiger partial charge in [-0.25, -0.2) is 18.4 Å². The van der Waals surface area contributed by atoms with Gasteiger partial charge in [-0.15, -0.1) is 0 Å². The van der Waals surface area contributed by atoms with Crippen molar-refractivity contribution in [1.82, 2.24) is 15.3 Å². The van der Waals surface area contributed by atoms with Crippen molar-refractivity contribution in [2.24, 2.45) is 0 Å². The quantitative estimate of drug-likeness (QED) is 0.621. The molecule has 2 aliphatic rings. The summed E-state index contributed by atoms with van der Waals surface area (Å²) < 4.78 is 23.1. The number of nitrogens with one attached hydrogen (secondary N) is 1. The van der Waals surface area contributed by atoms with Crippen molar-refractivity contribution >= 4 is 38.4 Å². The van der Waals surface area contributed by atoms with Crippen molar-refractivity contribution in [3.63, 3.8) is 0 Å². The van der Waals surface area contributed by atoms with Crippen LogP contribution in [0.4, 0.5) is 0 Å². The van der Waals surface area contributed by atoms with Crippen LogP contribution in [0.5, 0.6) is 0 Å². The van der Waals surface area contributed by atoms with Crippen molar-refractivity contribution in [3.8, 4) is 0 Å². The lowest BCUT2D eigenvalue weighted by atomic mass is 10.2. The first-order chi connectivity index (χ1) is 12.4. The fourth-order valence-corrected chi connectivity index (χ4v) is 5.76. The molecular formula is C18H21N3O3S2. The molecule has 1 aliphatic heterocycles. The van der Waals surface area contributed by atoms with E-state index >= 15 is 0 Å². The number of rotatable bonds is 5. The summed E-state index contributed by atoms with van der Waals surface area (Å²) >= 11 is 1.41. The van der Waals surface area contributed by atoms with Gasteiger partial charge in [0.15, 0.2) is 9.84 Å². The first-order valence-corrected chi connectivity index (χ1v) is 11.6. The summed E-state index contributed by atoms with van der Waals surface area (Å²) in [5.74, 6) is 1.35. The number of carbonyl (C=O) groups is 1. The molecule has 1 amide bonds. The number of benzene rings is 1. The van der Waals surface area contributed by atoms with Crippen LogP contribution < -0.4 is 5.32 Å². The van der Waals surface area contributed by atoms with Gasteiger partial charge >= 0.3 is 0 Å². The summed E-state index contributed by atoms with van der Waals surface area (Å²) in [5, 5.41) is 4.28. The Kier molecular flexibility index (Phi) is 4.64. The van der Waals surface area contributed by atoms with Gasteiger partial charge in [0.25, 0.3) is 0 Å². The van der Waals surface area contributed by atoms with Crippen LogP contribution in [0.3, 0.4) is 0 Å². The van der Waals surface area contributed by atoms with Crippen molar-refractivity contribution in [2.75, 3.05) is 11.5 Å². The maximum atomic E-state index is 12.5. The van der Waals surface area contributed by atoms with Gasteiger partial charge in [-0.05, 0) is 32.3 Å². The Labute approximate surface area is 157 Å². The zero-order valence-corrected chi connectivity index (χ0v) is 16.1. The molecule has 26 heavy (non-hydrogen) atoms. The lowest BCUT2D eigenvalue weighted by Gasteiger charge is -2.16. The number of para-hydroxylation sites is 1. The third kappa shape index (κ3) is 3.86. The Morgan fingerprint density at radius 1 is 1.23 bits per heavy atom. The standard InChI is InChI=1S/C18H21N3O3S2/c1-11(17(22)19-13-8-9-26(23,24)10-13)25-18-14-4-2-3-5-15(14)20-16(21-18)12-6-7-12/h2-5,11-13H,6-10H2,1H3,(H,19,22). The Balaban J connectivity index is 1.51. The first kappa shape index (κ1) is 17.7. The normalized spacial score (nSPS) is 23.0. The minimum absolute atomic E-state index is 0.0401. The van der Waals surface area contributed by atoms with Gasteiger partial charge in [-0.1, -0.05) is 30.0 Å². The van der Waals surface area contributed by atoms with E-state index in [1.165, 1.54) is 11.8 Å². The molecule has 2 unspecified atom stereocenters. The van der Waals surface area contributed by atoms with Crippen LogP contribution in [-0.2, 0) is 14.6 Å². The van der Waals surface area contributed by atoms with E-state index in [1.807, 2.05) is 31.2 Å². The monoisotopic (exact) mass is 391 g/mol. The molecule has 8 heteroatoms. The van der Waals surface area contributed by atoms with Crippen LogP contribution in [-0.4, -0.2) is 47.1 Å². The van der Waals surface area contributed by atoms with Crippen LogP contribution >= 0.6 is 11.8 Å². The van der Waals surface area contributed by atoms with Gasteiger partial charge < -0.3 is 5.32 Å². The van der Waals surface area contributed by atoms with Crippen LogP contribution in [0.15, 0.2) is 29.3 Å². The molecule has 1 aliphatic carbocycles. The average Bonchev–Trinajstić information content (AvgIpc) is 3.39. The molecule has 1 saturated heterocycles. The second-order valence-corrected chi connectivity index (χ2v) is 10.6. The van der Waals surface area contributed by atoms with Gasteiger partial charge in [0.2, 0.25) is 5.91 Å². The van der Waals surface area contributed by atoms with Gasteiger partial charge in [0.05, 0.1) is 22.3 Å². The van der Waals surface area contributed by atoms with E-state index in [-0.39, 0.29) is 28.7 Å². The number of hydrogen-bond acceptors (Lipinski definition) is 6. The van der Waals surface area contributed by atoms with Crippen molar-refractivity contribution < 1.29 is 13.2 Å². The Morgan fingerprint density at radius 2 is 2.00 bits per heavy atom. The SMILES string of the molecule is CC(Sc1nc(C2CC2)nc2ccccc12)C(=O)NC1CCS(=O)(=O)C1. The topological polar surface area (TPSA) is 89.0 Å². The van der Waals surface area contributed by atoms with Crippen LogP contribution in [0.2, 0.25) is 0 Å². The van der Waals surface area contributed by atoms with Gasteiger partial charge in [0, 0.05) is 17.3 Å². The van der Waals surface area contributed by atoms with Crippen molar-refractivity contribution in [2.45, 2.75) is 48.4 Å². The average molecular weight is 392 g/mol. The fraction of sp³-hybridized carbons (Fsp3) is 0.500. The third-order valence-corrected chi connectivity index (χ3v) is 7.63. The maximum Gasteiger partial charge on any atom is 0.233 e. The molecule has 4 rings (SSSR count). The van der Waals surface area contributed by atoms with E-state index in [0.29, 0.717) is 12.3 Å². The molecule has 2 fully saturated rings. The number of aromatic nitrogens is 2. The third-order valence-electron chi connectivity index (χ3n) is 4.76. The second kappa shape index (κ2) is 6.81. The highest BCUT2D eigenvalue weighted by molar-refractivity contribution is 8.00. The van der Waals surface area contributed by atoms with E-state index in [9.17, 15) is 13.2 Å². The Morgan fingerprint density at radius 3 is 2.69 bits per heavy atom. The summed E-state index contributed by atoms with van der Waals surface area (Å²) in [6.45, 7) is 1.83. The molecule has 0 radical (unpaired) electrons. The highest BCUT2D eigenvalue weighted by Gasteiger charge is 2.31. The molecule has 2 heterocycles. The van der Waals surface area contributed by atoms with E-state index in [2.05, 4.69) is 10.3 Å². The van der Waals surface area contributed by atoms with Crippen LogP contribution in [0, 0.1) is 0 Å². The van der Waals surface area contributed by atoms with Crippen LogP contribution in [0.1, 0.15) is 37.9 Å². The van der Waals surface area contributed by atoms with Gasteiger partial charge in [-0.2, -0.15) is 0 Å². The van der Waals surface area contributed by atoms with Gasteiger partial charge in [0.1, 0.15) is 10.9 Å². The molecule has 1 saturated carbocycles. The molecule has 1 aromatic heterocycles. The second-order valence-electron chi connectivity index (χ2n) is 7.05. The minimum Gasteiger partial charge on any atom is -0.351 e. The molecule has 1 aromatic carbocycles. The number of thioether (sulfide) groups is 1. The predicted octanol–water partition coefficient (Wildman–Crippen LogP) is 2.29. The summed E-state index contributed by atoms with van der Waals surface area (Å²) in [6.07, 6.45) is 2.73. The minimum atomic E-state index is -3.00. The van der Waals surface area contributed by atoms with Crippen molar-refractivity contribution in [1.29, 1.82) is 0 Å². The largest absolute Gasteiger partial charge is 0.351 e. The molecule has 1 N–H and O–H groups in total. The zero-order valence-electron chi connectivity index (χ0n) is 14.5. The number of sulfone groups is 1. The molecular weight excluding hydrogens is 370 g/mol. The Bertz CT molecular complexity index is 957. The molecule has 138 valence electrons. The summed E-state index contributed by atoms with van der Waals surface area (Å²) in [4.78, 5) is 21.9. The predicted molar refractivity (Wildman–Crippen MR) is 102 cm³/mol. The fourth-order valence-electron chi connectivity index (χ4n) is 3.13. The summed E-state index contributed by atoms with van der Waals surface area (Å²) in [5.41, 5.74) is 0.904. The summed E-state index contributed by atoms with van der Waals surface area (Å²) in [7, 11) is -3.00. The molecule has 2 aromatic rings. The molecule has 0 spiro atoms. The van der Waals surface area contributed by atoms with Gasteiger partial charge in [-0.3, -0.25) is 4.79 Å². The first-order valence-electron chi connectivity index (χ1n) is 8.85. The number of nitrogens with zero attached hydrogens (tertiary/aromatic N) is 2. The van der Waals surface area contributed by atoms with E-state index in [0.717, 1.165) is 34.6 Å². The maximum absolute atomic E-state index is 12.5.